The highest BCUT2D eigenvalue weighted by molar-refractivity contribution is 7.98. The van der Waals surface area contributed by atoms with Crippen LogP contribution in [0.2, 0.25) is 0 Å². The van der Waals surface area contributed by atoms with Crippen LogP contribution in [-0.2, 0) is 5.75 Å². The number of carboxylic acid groups (broad SMARTS) is 1. The van der Waals surface area contributed by atoms with Crippen molar-refractivity contribution in [2.75, 3.05) is 17.6 Å². The molecule has 6 nitrogen and oxygen atoms in total. The number of anilines is 1. The quantitative estimate of drug-likeness (QED) is 0.681. The first kappa shape index (κ1) is 15.4. The summed E-state index contributed by atoms with van der Waals surface area (Å²) in [6.07, 6.45) is 3.31. The fourth-order valence-electron chi connectivity index (χ4n) is 1.91. The molecule has 0 radical (unpaired) electrons. The Morgan fingerprint density at radius 2 is 2.24 bits per heavy atom. The maximum atomic E-state index is 11.2. The molecule has 0 aliphatic carbocycles. The normalized spacial score (nSPS) is 10.6. The molecule has 0 fully saturated rings. The maximum Gasteiger partial charge on any atom is 0.339 e. The number of nitrogens with zero attached hydrogens (tertiary/aromatic N) is 2. The summed E-state index contributed by atoms with van der Waals surface area (Å²) in [6.45, 7) is 4.42. The first-order chi connectivity index (χ1) is 10.1. The minimum atomic E-state index is -0.956. The van der Waals surface area contributed by atoms with E-state index in [2.05, 4.69) is 20.3 Å². The molecule has 0 saturated heterocycles. The van der Waals surface area contributed by atoms with E-state index in [9.17, 15) is 9.90 Å². The van der Waals surface area contributed by atoms with Gasteiger partial charge in [-0.3, -0.25) is 0 Å². The van der Waals surface area contributed by atoms with Gasteiger partial charge in [-0.1, -0.05) is 0 Å². The number of hydrogen-bond acceptors (Lipinski definition) is 5. The van der Waals surface area contributed by atoms with Crippen molar-refractivity contribution in [3.8, 4) is 0 Å². The van der Waals surface area contributed by atoms with Crippen LogP contribution in [0.15, 0.2) is 18.6 Å². The smallest absolute Gasteiger partial charge is 0.339 e. The molecule has 2 heterocycles. The van der Waals surface area contributed by atoms with Gasteiger partial charge in [-0.25, -0.2) is 14.8 Å². The highest BCUT2D eigenvalue weighted by Crippen LogP contribution is 2.17. The van der Waals surface area contributed by atoms with Crippen LogP contribution in [-0.4, -0.2) is 38.3 Å². The molecule has 112 valence electrons. The van der Waals surface area contributed by atoms with Gasteiger partial charge in [-0.2, -0.15) is 11.8 Å². The van der Waals surface area contributed by atoms with E-state index in [4.69, 9.17) is 0 Å². The molecular weight excluding hydrogens is 288 g/mol. The van der Waals surface area contributed by atoms with E-state index in [0.717, 1.165) is 22.9 Å². The van der Waals surface area contributed by atoms with Gasteiger partial charge >= 0.3 is 5.97 Å². The third kappa shape index (κ3) is 3.98. The standard InChI is InChI=1S/C14H18N4O2S/c1-9-3-4-15-13(12(9)14(19)20)16-5-6-21-7-11-10(2)17-8-18-11/h3-4,8H,5-7H2,1-2H3,(H,15,16)(H,17,18)(H,19,20). The van der Waals surface area contributed by atoms with Gasteiger partial charge in [0.25, 0.3) is 0 Å². The van der Waals surface area contributed by atoms with Gasteiger partial charge in [-0.05, 0) is 25.5 Å². The van der Waals surface area contributed by atoms with Crippen molar-refractivity contribution in [1.29, 1.82) is 0 Å². The molecule has 7 heteroatoms. The Bertz CT molecular complexity index is 627. The average molecular weight is 306 g/mol. The highest BCUT2D eigenvalue weighted by atomic mass is 32.2. The summed E-state index contributed by atoms with van der Waals surface area (Å²) < 4.78 is 0. The number of hydrogen-bond donors (Lipinski definition) is 3. The summed E-state index contributed by atoms with van der Waals surface area (Å²) in [4.78, 5) is 22.6. The average Bonchev–Trinajstić information content (AvgIpc) is 2.83. The molecule has 0 saturated carbocycles. The second-order valence-corrected chi connectivity index (χ2v) is 5.72. The van der Waals surface area contributed by atoms with Crippen molar-refractivity contribution in [2.24, 2.45) is 0 Å². The van der Waals surface area contributed by atoms with Gasteiger partial charge in [0.05, 0.1) is 12.0 Å². The Morgan fingerprint density at radius 1 is 1.43 bits per heavy atom. The minimum Gasteiger partial charge on any atom is -0.478 e. The number of carboxylic acids is 1. The molecular formula is C14H18N4O2S. The lowest BCUT2D eigenvalue weighted by atomic mass is 10.1. The van der Waals surface area contributed by atoms with E-state index in [-0.39, 0.29) is 5.56 Å². The summed E-state index contributed by atoms with van der Waals surface area (Å²) in [6, 6.07) is 1.70. The Morgan fingerprint density at radius 3 is 2.90 bits per heavy atom. The molecule has 21 heavy (non-hydrogen) atoms. The fraction of sp³-hybridized carbons (Fsp3) is 0.357. The summed E-state index contributed by atoms with van der Waals surface area (Å²) >= 11 is 1.74. The van der Waals surface area contributed by atoms with Crippen LogP contribution in [0.4, 0.5) is 5.82 Å². The largest absolute Gasteiger partial charge is 0.478 e. The van der Waals surface area contributed by atoms with E-state index in [0.29, 0.717) is 17.9 Å². The lowest BCUT2D eigenvalue weighted by molar-refractivity contribution is 0.0697. The van der Waals surface area contributed by atoms with Crippen molar-refractivity contribution in [2.45, 2.75) is 19.6 Å². The van der Waals surface area contributed by atoms with Gasteiger partial charge in [-0.15, -0.1) is 0 Å². The Balaban J connectivity index is 1.83. The topological polar surface area (TPSA) is 90.9 Å². The summed E-state index contributed by atoms with van der Waals surface area (Å²) in [7, 11) is 0. The van der Waals surface area contributed by atoms with Crippen molar-refractivity contribution < 1.29 is 9.90 Å². The molecule has 0 atom stereocenters. The highest BCUT2D eigenvalue weighted by Gasteiger charge is 2.13. The van der Waals surface area contributed by atoms with Gasteiger partial charge in [0.15, 0.2) is 0 Å². The Labute approximate surface area is 127 Å². The van der Waals surface area contributed by atoms with Crippen LogP contribution in [0, 0.1) is 13.8 Å². The van der Waals surface area contributed by atoms with Gasteiger partial charge in [0.2, 0.25) is 0 Å². The number of nitrogens with one attached hydrogen (secondary N) is 2. The molecule has 2 aromatic rings. The van der Waals surface area contributed by atoms with Crippen molar-refractivity contribution in [1.82, 2.24) is 15.0 Å². The number of imidazole rings is 1. The number of pyridine rings is 1. The van der Waals surface area contributed by atoms with Gasteiger partial charge in [0, 0.05) is 29.9 Å². The molecule has 0 bridgehead atoms. The van der Waals surface area contributed by atoms with E-state index < -0.39 is 5.97 Å². The number of H-pyrrole nitrogens is 1. The van der Waals surface area contributed by atoms with Gasteiger partial charge < -0.3 is 15.4 Å². The van der Waals surface area contributed by atoms with Crippen molar-refractivity contribution in [3.05, 3.63) is 41.1 Å². The zero-order valence-corrected chi connectivity index (χ0v) is 12.8. The molecule has 3 N–H and O–H groups in total. The van der Waals surface area contributed by atoms with E-state index in [1.165, 1.54) is 0 Å². The van der Waals surface area contributed by atoms with Crippen LogP contribution in [0.5, 0.6) is 0 Å². The lowest BCUT2D eigenvalue weighted by Gasteiger charge is -2.10. The SMILES string of the molecule is Cc1ccnc(NCCSCc2nc[nH]c2C)c1C(=O)O. The second kappa shape index (κ2) is 7.12. The first-order valence-corrected chi connectivity index (χ1v) is 7.74. The van der Waals surface area contributed by atoms with Crippen molar-refractivity contribution in [3.63, 3.8) is 0 Å². The molecule has 2 aromatic heterocycles. The lowest BCUT2D eigenvalue weighted by Crippen LogP contribution is -2.12. The zero-order chi connectivity index (χ0) is 15.2. The van der Waals surface area contributed by atoms with E-state index in [1.807, 2.05) is 6.92 Å². The van der Waals surface area contributed by atoms with Crippen LogP contribution >= 0.6 is 11.8 Å². The van der Waals surface area contributed by atoms with Gasteiger partial charge in [0.1, 0.15) is 11.4 Å². The monoisotopic (exact) mass is 306 g/mol. The summed E-state index contributed by atoms with van der Waals surface area (Å²) in [5, 5.41) is 12.3. The number of aromatic amines is 1. The molecule has 0 unspecified atom stereocenters. The van der Waals surface area contributed by atoms with Crippen LogP contribution in [0.25, 0.3) is 0 Å². The van der Waals surface area contributed by atoms with E-state index in [1.54, 1.807) is 37.3 Å². The summed E-state index contributed by atoms with van der Waals surface area (Å²) in [5.41, 5.74) is 3.09. The Hall–Kier alpha value is -2.02. The number of aromatic nitrogens is 3. The fourth-order valence-corrected chi connectivity index (χ4v) is 2.78. The summed E-state index contributed by atoms with van der Waals surface area (Å²) in [5.74, 6) is 1.16. The second-order valence-electron chi connectivity index (χ2n) is 4.61. The molecule has 2 rings (SSSR count). The number of rotatable bonds is 7. The third-order valence-corrected chi connectivity index (χ3v) is 4.06. The van der Waals surface area contributed by atoms with Crippen LogP contribution in [0.3, 0.4) is 0 Å². The number of aryl methyl sites for hydroxylation is 2. The number of aromatic carboxylic acids is 1. The molecule has 0 aromatic carbocycles. The first-order valence-electron chi connectivity index (χ1n) is 6.59. The predicted octanol–water partition coefficient (Wildman–Crippen LogP) is 2.47. The Kier molecular flexibility index (Phi) is 5.21. The third-order valence-electron chi connectivity index (χ3n) is 3.09. The van der Waals surface area contributed by atoms with E-state index >= 15 is 0 Å². The van der Waals surface area contributed by atoms with Crippen LogP contribution < -0.4 is 5.32 Å². The molecule has 0 aliphatic rings. The van der Waals surface area contributed by atoms with Crippen LogP contribution in [0.1, 0.15) is 27.3 Å². The molecule has 0 amide bonds. The molecule has 0 spiro atoms. The van der Waals surface area contributed by atoms with Crippen molar-refractivity contribution >= 4 is 23.5 Å². The maximum absolute atomic E-state index is 11.2. The zero-order valence-electron chi connectivity index (χ0n) is 12.0. The molecule has 0 aliphatic heterocycles. The number of carbonyl (C=O) groups is 1. The minimum absolute atomic E-state index is 0.241. The predicted molar refractivity (Wildman–Crippen MR) is 83.9 cm³/mol. The number of thioether (sulfide) groups is 1.